The third kappa shape index (κ3) is 11.4. The molecular weight excluding hydrogens is 259 g/mol. The minimum atomic E-state index is -2.79. The predicted molar refractivity (Wildman–Crippen MR) is 78.6 cm³/mol. The van der Waals surface area contributed by atoms with E-state index in [1.165, 1.54) is 25.7 Å². The monoisotopic (exact) mass is 284 g/mol. The molecule has 0 radical (unpaired) electrons. The first-order valence-corrected chi connectivity index (χ1v) is 10.1. The predicted octanol–water partition coefficient (Wildman–Crippen LogP) is 4.68. The molecule has 0 amide bonds. The summed E-state index contributed by atoms with van der Waals surface area (Å²) >= 11 is 8.73. The highest BCUT2D eigenvalue weighted by atomic mass is 32.9. The molecule has 0 spiro atoms. The van der Waals surface area contributed by atoms with E-state index in [1.807, 2.05) is 0 Å². The van der Waals surface area contributed by atoms with E-state index in [-0.39, 0.29) is 6.10 Å². The summed E-state index contributed by atoms with van der Waals surface area (Å²) in [5.41, 5.74) is -2.79. The molecule has 0 heterocycles. The van der Waals surface area contributed by atoms with Crippen LogP contribution in [0.5, 0.6) is 0 Å². The Morgan fingerprint density at radius 1 is 1.12 bits per heavy atom. The number of hydrogen-bond acceptors (Lipinski definition) is 2. The van der Waals surface area contributed by atoms with Crippen LogP contribution >= 0.6 is 17.9 Å². The average molecular weight is 284 g/mol. The summed E-state index contributed by atoms with van der Waals surface area (Å²) in [6, 6.07) is 0. The van der Waals surface area contributed by atoms with Gasteiger partial charge in [-0.2, -0.15) is 0 Å². The maximum absolute atomic E-state index is 9.42. The Hall–Kier alpha value is 0.920. The van der Waals surface area contributed by atoms with E-state index in [0.717, 1.165) is 25.7 Å². The van der Waals surface area contributed by atoms with E-state index < -0.39 is 5.69 Å². The van der Waals surface area contributed by atoms with Crippen LogP contribution in [-0.4, -0.2) is 11.0 Å². The van der Waals surface area contributed by atoms with Gasteiger partial charge in [0.05, 0.1) is 6.10 Å². The summed E-state index contributed by atoms with van der Waals surface area (Å²) in [7, 11) is 0. The lowest BCUT2D eigenvalue weighted by atomic mass is 10.1. The number of hydrogen-bond donors (Lipinski definition) is 2. The van der Waals surface area contributed by atoms with Gasteiger partial charge in [-0.1, -0.05) is 64.6 Å². The zero-order valence-corrected chi connectivity index (χ0v) is 13.0. The van der Waals surface area contributed by atoms with E-state index in [4.69, 9.17) is 16.3 Å². The Bertz CT molecular complexity index is 206. The number of unbranched alkanes of at least 4 members (excludes halogenated alkanes) is 4. The smallest absolute Gasteiger partial charge is 0.241 e. The van der Waals surface area contributed by atoms with E-state index >= 15 is 0 Å². The van der Waals surface area contributed by atoms with Gasteiger partial charge in [0, 0.05) is 0 Å². The van der Waals surface area contributed by atoms with Crippen molar-refractivity contribution < 1.29 is 9.42 Å². The van der Waals surface area contributed by atoms with Crippen molar-refractivity contribution in [2.75, 3.05) is 0 Å². The van der Waals surface area contributed by atoms with Gasteiger partial charge in [-0.05, 0) is 24.6 Å². The molecular formula is C11H25O2PS2. The van der Waals surface area contributed by atoms with Crippen molar-refractivity contribution in [3.8, 4) is 0 Å². The normalized spacial score (nSPS) is 17.0. The Kier molecular flexibility index (Phi) is 10.5. The highest BCUT2D eigenvalue weighted by Crippen LogP contribution is 2.49. The van der Waals surface area contributed by atoms with Gasteiger partial charge in [0.15, 0.2) is 0 Å². The first-order chi connectivity index (χ1) is 7.49. The van der Waals surface area contributed by atoms with E-state index in [0.29, 0.717) is 0 Å². The van der Waals surface area contributed by atoms with Crippen molar-refractivity contribution in [2.24, 2.45) is 0 Å². The molecule has 2 atom stereocenters. The van der Waals surface area contributed by atoms with E-state index in [1.54, 1.807) is 0 Å². The summed E-state index contributed by atoms with van der Waals surface area (Å²) < 4.78 is 5.43. The van der Waals surface area contributed by atoms with Gasteiger partial charge in [-0.3, -0.25) is 0 Å². The standard InChI is InChI=1S/C11H25O2PS2/c1-3-5-6-7-8-10-11(9-4-2)13-14(12,15)16/h11H,3-10H2,1-2H3,(H2,12,15,16). The van der Waals surface area contributed by atoms with Gasteiger partial charge in [-0.15, -0.1) is 0 Å². The molecule has 0 aromatic rings. The molecule has 0 aromatic carbocycles. The minimum Gasteiger partial charge on any atom is -0.338 e. The Labute approximate surface area is 110 Å². The second kappa shape index (κ2) is 9.90. The average Bonchev–Trinajstić information content (AvgIpc) is 2.15. The van der Waals surface area contributed by atoms with Crippen molar-refractivity contribution in [1.29, 1.82) is 0 Å². The zero-order valence-electron chi connectivity index (χ0n) is 10.4. The van der Waals surface area contributed by atoms with Crippen LogP contribution in [0.3, 0.4) is 0 Å². The maximum Gasteiger partial charge on any atom is 0.241 e. The number of thiol groups is 1. The topological polar surface area (TPSA) is 29.5 Å². The van der Waals surface area contributed by atoms with Crippen molar-refractivity contribution in [1.82, 2.24) is 0 Å². The fourth-order valence-electron chi connectivity index (χ4n) is 1.74. The third-order valence-corrected chi connectivity index (χ3v) is 3.64. The SMILES string of the molecule is CCCCCCCC(CCC)OP(O)(=S)S. The van der Waals surface area contributed by atoms with Crippen LogP contribution in [0.4, 0.5) is 0 Å². The first kappa shape index (κ1) is 16.9. The summed E-state index contributed by atoms with van der Waals surface area (Å²) in [4.78, 5) is 9.42. The Morgan fingerprint density at radius 2 is 1.75 bits per heavy atom. The molecule has 0 aromatic heterocycles. The summed E-state index contributed by atoms with van der Waals surface area (Å²) in [6.45, 7) is 4.33. The van der Waals surface area contributed by atoms with E-state index in [9.17, 15) is 4.89 Å². The highest BCUT2D eigenvalue weighted by Gasteiger charge is 2.15. The van der Waals surface area contributed by atoms with Crippen LogP contribution in [0.2, 0.25) is 0 Å². The van der Waals surface area contributed by atoms with Crippen LogP contribution in [-0.2, 0) is 16.3 Å². The lowest BCUT2D eigenvalue weighted by molar-refractivity contribution is 0.182. The second-order valence-corrected chi connectivity index (χ2v) is 9.32. The van der Waals surface area contributed by atoms with Crippen molar-refractivity contribution in [3.63, 3.8) is 0 Å². The quantitative estimate of drug-likeness (QED) is 0.347. The van der Waals surface area contributed by atoms with Gasteiger partial charge < -0.3 is 9.42 Å². The van der Waals surface area contributed by atoms with Crippen LogP contribution in [0.15, 0.2) is 0 Å². The largest absolute Gasteiger partial charge is 0.338 e. The van der Waals surface area contributed by atoms with Crippen LogP contribution in [0, 0.1) is 0 Å². The second-order valence-electron chi connectivity index (χ2n) is 4.21. The molecule has 2 nitrogen and oxygen atoms in total. The molecule has 0 rings (SSSR count). The zero-order chi connectivity index (χ0) is 12.4. The molecule has 16 heavy (non-hydrogen) atoms. The summed E-state index contributed by atoms with van der Waals surface area (Å²) in [6.07, 6.45) is 9.40. The Balaban J connectivity index is 3.72. The molecule has 0 bridgehead atoms. The van der Waals surface area contributed by atoms with Gasteiger partial charge in [0.2, 0.25) is 5.69 Å². The molecule has 98 valence electrons. The van der Waals surface area contributed by atoms with Crippen LogP contribution in [0.25, 0.3) is 0 Å². The highest BCUT2D eigenvalue weighted by molar-refractivity contribution is 8.59. The molecule has 0 aliphatic rings. The maximum atomic E-state index is 9.42. The van der Waals surface area contributed by atoms with Crippen molar-refractivity contribution in [3.05, 3.63) is 0 Å². The number of rotatable bonds is 10. The fraction of sp³-hybridized carbons (Fsp3) is 1.00. The van der Waals surface area contributed by atoms with Crippen LogP contribution in [0.1, 0.15) is 65.2 Å². The molecule has 0 saturated heterocycles. The van der Waals surface area contributed by atoms with E-state index in [2.05, 4.69) is 26.1 Å². The first-order valence-electron chi connectivity index (χ1n) is 6.23. The molecule has 0 fully saturated rings. The Morgan fingerprint density at radius 3 is 2.25 bits per heavy atom. The lowest BCUT2D eigenvalue weighted by Gasteiger charge is -2.20. The summed E-state index contributed by atoms with van der Waals surface area (Å²) in [5.74, 6) is 0. The van der Waals surface area contributed by atoms with Crippen LogP contribution < -0.4 is 0 Å². The molecule has 2 unspecified atom stereocenters. The van der Waals surface area contributed by atoms with Gasteiger partial charge >= 0.3 is 0 Å². The summed E-state index contributed by atoms with van der Waals surface area (Å²) in [5, 5.41) is 0. The molecule has 1 N–H and O–H groups in total. The third-order valence-electron chi connectivity index (χ3n) is 2.53. The molecule has 0 aliphatic heterocycles. The van der Waals surface area contributed by atoms with Crippen molar-refractivity contribution in [2.45, 2.75) is 71.3 Å². The molecule has 5 heteroatoms. The molecule has 0 aliphatic carbocycles. The van der Waals surface area contributed by atoms with Crippen molar-refractivity contribution >= 4 is 29.7 Å². The van der Waals surface area contributed by atoms with Gasteiger partial charge in [0.25, 0.3) is 0 Å². The fourth-order valence-corrected chi connectivity index (χ4v) is 3.11. The van der Waals surface area contributed by atoms with Gasteiger partial charge in [-0.25, -0.2) is 0 Å². The molecule has 0 saturated carbocycles. The minimum absolute atomic E-state index is 0.0972. The van der Waals surface area contributed by atoms with Gasteiger partial charge in [0.1, 0.15) is 0 Å². The lowest BCUT2D eigenvalue weighted by Crippen LogP contribution is -2.09.